The Kier molecular flexibility index (Phi) is 5.66. The van der Waals surface area contributed by atoms with E-state index in [1.54, 1.807) is 12.1 Å². The molecule has 2 atom stereocenters. The lowest BCUT2D eigenvalue weighted by atomic mass is 9.99. The van der Waals surface area contributed by atoms with Gasteiger partial charge in [-0.05, 0) is 46.4 Å². The maximum absolute atomic E-state index is 12.7. The summed E-state index contributed by atoms with van der Waals surface area (Å²) >= 11 is 0. The number of esters is 1. The van der Waals surface area contributed by atoms with E-state index in [4.69, 9.17) is 10.5 Å². The van der Waals surface area contributed by atoms with E-state index < -0.39 is 23.9 Å². The summed E-state index contributed by atoms with van der Waals surface area (Å²) in [5, 5.41) is 0. The zero-order chi connectivity index (χ0) is 21.1. The van der Waals surface area contributed by atoms with E-state index in [-0.39, 0.29) is 0 Å². The predicted octanol–water partition coefficient (Wildman–Crippen LogP) is 4.66. The van der Waals surface area contributed by atoms with E-state index in [1.807, 2.05) is 36.4 Å². The van der Waals surface area contributed by atoms with Crippen molar-refractivity contribution < 1.29 is 14.3 Å². The molecule has 2 unspecified atom stereocenters. The number of benzene rings is 3. The van der Waals surface area contributed by atoms with Gasteiger partial charge in [-0.25, -0.2) is 4.79 Å². The van der Waals surface area contributed by atoms with Crippen molar-refractivity contribution in [2.75, 3.05) is 0 Å². The molecule has 0 heterocycles. The number of hydrogen-bond acceptors (Lipinski definition) is 3. The van der Waals surface area contributed by atoms with E-state index in [0.717, 1.165) is 35.1 Å². The minimum absolute atomic E-state index is 0.441. The number of fused-ring (bicyclic) bond motifs is 1. The highest BCUT2D eigenvalue weighted by Crippen LogP contribution is 2.35. The minimum Gasteiger partial charge on any atom is -0.457 e. The van der Waals surface area contributed by atoms with Crippen LogP contribution in [0.1, 0.15) is 46.3 Å². The van der Waals surface area contributed by atoms with Gasteiger partial charge in [0.05, 0.1) is 5.56 Å². The fraction of sp³-hybridized carbons (Fsp3) is 0.231. The molecule has 1 amide bonds. The van der Waals surface area contributed by atoms with Crippen LogP contribution < -0.4 is 5.73 Å². The van der Waals surface area contributed by atoms with Gasteiger partial charge in [-0.2, -0.15) is 0 Å². The monoisotopic (exact) mass is 399 g/mol. The van der Waals surface area contributed by atoms with Crippen molar-refractivity contribution in [3.05, 3.63) is 95.1 Å². The highest BCUT2D eigenvalue weighted by molar-refractivity contribution is 5.91. The summed E-state index contributed by atoms with van der Waals surface area (Å²) < 4.78 is 5.70. The molecule has 0 radical (unpaired) electrons. The first-order valence-electron chi connectivity index (χ1n) is 10.3. The van der Waals surface area contributed by atoms with E-state index in [1.165, 1.54) is 5.56 Å². The fourth-order valence-electron chi connectivity index (χ4n) is 4.16. The lowest BCUT2D eigenvalue weighted by Gasteiger charge is -2.18. The summed E-state index contributed by atoms with van der Waals surface area (Å²) in [5.74, 6) is -1.52. The molecule has 4 rings (SSSR count). The maximum Gasteiger partial charge on any atom is 0.338 e. The zero-order valence-electron chi connectivity index (χ0n) is 17.0. The van der Waals surface area contributed by atoms with E-state index in [0.29, 0.717) is 12.0 Å². The number of primary amides is 1. The Labute approximate surface area is 176 Å². The summed E-state index contributed by atoms with van der Waals surface area (Å²) in [6.07, 6.45) is 2.12. The summed E-state index contributed by atoms with van der Waals surface area (Å²) in [6.45, 7) is 2.17. The molecule has 1 aliphatic carbocycles. The van der Waals surface area contributed by atoms with Gasteiger partial charge in [0.25, 0.3) is 0 Å². The smallest absolute Gasteiger partial charge is 0.338 e. The SMILES string of the molecule is CCCc1ccc(-c2ccc(C(=O)OC3Cc4ccccc4C3C(N)=O)cc2)cc1. The molecular weight excluding hydrogens is 374 g/mol. The van der Waals surface area contributed by atoms with Crippen LogP contribution in [0.4, 0.5) is 0 Å². The fourth-order valence-corrected chi connectivity index (χ4v) is 4.16. The van der Waals surface area contributed by atoms with Crippen LogP contribution >= 0.6 is 0 Å². The van der Waals surface area contributed by atoms with Crippen molar-refractivity contribution >= 4 is 11.9 Å². The first-order valence-corrected chi connectivity index (χ1v) is 10.3. The van der Waals surface area contributed by atoms with Crippen molar-refractivity contribution in [1.29, 1.82) is 0 Å². The number of amides is 1. The van der Waals surface area contributed by atoms with Gasteiger partial charge >= 0.3 is 5.97 Å². The topological polar surface area (TPSA) is 69.4 Å². The molecule has 1 aliphatic rings. The summed E-state index contributed by atoms with van der Waals surface area (Å²) in [6, 6.07) is 23.4. The lowest BCUT2D eigenvalue weighted by Crippen LogP contribution is -2.32. The molecule has 0 saturated heterocycles. The van der Waals surface area contributed by atoms with Crippen LogP contribution in [0, 0.1) is 0 Å². The molecule has 0 aliphatic heterocycles. The molecule has 0 saturated carbocycles. The number of nitrogens with two attached hydrogens (primary N) is 1. The maximum atomic E-state index is 12.7. The first kappa shape index (κ1) is 19.9. The summed E-state index contributed by atoms with van der Waals surface area (Å²) in [4.78, 5) is 24.7. The van der Waals surface area contributed by atoms with Crippen LogP contribution in [0.2, 0.25) is 0 Å². The Morgan fingerprint density at radius 1 is 0.933 bits per heavy atom. The lowest BCUT2D eigenvalue weighted by molar-refractivity contribution is -0.121. The van der Waals surface area contributed by atoms with Gasteiger partial charge in [-0.1, -0.05) is 74.0 Å². The van der Waals surface area contributed by atoms with E-state index in [9.17, 15) is 9.59 Å². The van der Waals surface area contributed by atoms with Crippen molar-refractivity contribution in [3.63, 3.8) is 0 Å². The molecule has 0 spiro atoms. The van der Waals surface area contributed by atoms with Crippen LogP contribution in [-0.2, 0) is 22.4 Å². The molecule has 0 fully saturated rings. The molecule has 152 valence electrons. The third-order valence-electron chi connectivity index (χ3n) is 5.69. The van der Waals surface area contributed by atoms with Crippen LogP contribution in [0.15, 0.2) is 72.8 Å². The zero-order valence-corrected chi connectivity index (χ0v) is 17.0. The molecule has 4 nitrogen and oxygen atoms in total. The van der Waals surface area contributed by atoms with Crippen LogP contribution in [0.3, 0.4) is 0 Å². The van der Waals surface area contributed by atoms with Crippen LogP contribution in [-0.4, -0.2) is 18.0 Å². The number of ether oxygens (including phenoxy) is 1. The Hall–Kier alpha value is -3.40. The predicted molar refractivity (Wildman–Crippen MR) is 117 cm³/mol. The van der Waals surface area contributed by atoms with Crippen molar-refractivity contribution in [3.8, 4) is 11.1 Å². The standard InChI is InChI=1S/C26H25NO3/c1-2-5-17-8-10-18(11-9-17)19-12-14-20(15-13-19)26(29)30-23-16-21-6-3-4-7-22(21)24(23)25(27)28/h3-4,6-15,23-24H,2,5,16H2,1H3,(H2,27,28). The average molecular weight is 399 g/mol. The molecule has 2 N–H and O–H groups in total. The van der Waals surface area contributed by atoms with E-state index >= 15 is 0 Å². The molecule has 3 aromatic carbocycles. The molecule has 0 bridgehead atoms. The largest absolute Gasteiger partial charge is 0.457 e. The molecule has 0 aromatic heterocycles. The molecule has 30 heavy (non-hydrogen) atoms. The number of aryl methyl sites for hydroxylation is 1. The Morgan fingerprint density at radius 2 is 1.57 bits per heavy atom. The van der Waals surface area contributed by atoms with Gasteiger partial charge < -0.3 is 10.5 Å². The van der Waals surface area contributed by atoms with Crippen molar-refractivity contribution in [2.24, 2.45) is 5.73 Å². The third kappa shape index (κ3) is 3.99. The van der Waals surface area contributed by atoms with E-state index in [2.05, 4.69) is 31.2 Å². The van der Waals surface area contributed by atoms with Gasteiger partial charge in [0.15, 0.2) is 0 Å². The Bertz CT molecular complexity index is 1050. The summed E-state index contributed by atoms with van der Waals surface area (Å²) in [7, 11) is 0. The van der Waals surface area contributed by atoms with Gasteiger partial charge in [-0.15, -0.1) is 0 Å². The average Bonchev–Trinajstić information content (AvgIpc) is 3.12. The molecule has 3 aromatic rings. The van der Waals surface area contributed by atoms with Gasteiger partial charge in [-0.3, -0.25) is 4.79 Å². The quantitative estimate of drug-likeness (QED) is 0.613. The number of carbonyl (C=O) groups is 2. The Balaban J connectivity index is 1.47. The highest BCUT2D eigenvalue weighted by Gasteiger charge is 2.38. The normalized spacial score (nSPS) is 17.4. The molecule has 4 heteroatoms. The molecular formula is C26H25NO3. The minimum atomic E-state index is -0.606. The highest BCUT2D eigenvalue weighted by atomic mass is 16.5. The first-order chi connectivity index (χ1) is 14.6. The van der Waals surface area contributed by atoms with Crippen LogP contribution in [0.5, 0.6) is 0 Å². The van der Waals surface area contributed by atoms with Crippen molar-refractivity contribution in [1.82, 2.24) is 0 Å². The van der Waals surface area contributed by atoms with Crippen LogP contribution in [0.25, 0.3) is 11.1 Å². The number of hydrogen-bond donors (Lipinski definition) is 1. The second-order valence-electron chi connectivity index (χ2n) is 7.75. The van der Waals surface area contributed by atoms with Gasteiger partial charge in [0, 0.05) is 6.42 Å². The second kappa shape index (κ2) is 8.54. The van der Waals surface area contributed by atoms with Crippen molar-refractivity contribution in [2.45, 2.75) is 38.2 Å². The summed E-state index contributed by atoms with van der Waals surface area (Å²) in [5.41, 5.74) is 11.4. The second-order valence-corrected chi connectivity index (χ2v) is 7.75. The van der Waals surface area contributed by atoms with Gasteiger partial charge in [0.2, 0.25) is 5.91 Å². The van der Waals surface area contributed by atoms with Gasteiger partial charge in [0.1, 0.15) is 12.0 Å². The number of carbonyl (C=O) groups excluding carboxylic acids is 2. The third-order valence-corrected chi connectivity index (χ3v) is 5.69. The number of rotatable bonds is 6. The Morgan fingerprint density at radius 3 is 2.20 bits per heavy atom.